The third-order valence-electron chi connectivity index (χ3n) is 5.61. The molecule has 0 spiro atoms. The average molecular weight is 567 g/mol. The maximum atomic E-state index is 12.2. The number of amides is 2. The Morgan fingerprint density at radius 2 is 1.59 bits per heavy atom. The molecule has 5 N–H and O–H groups in total. The van der Waals surface area contributed by atoms with Crippen LogP contribution in [-0.2, 0) is 16.1 Å². The summed E-state index contributed by atoms with van der Waals surface area (Å²) in [5.74, 6) is 5.19. The van der Waals surface area contributed by atoms with Gasteiger partial charge in [-0.25, -0.2) is 5.48 Å². The molecule has 0 saturated carbocycles. The molecule has 0 fully saturated rings. The first-order valence-corrected chi connectivity index (χ1v) is 12.8. The molecule has 2 atom stereocenters. The number of halogens is 2. The lowest BCUT2D eigenvalue weighted by atomic mass is 10.1. The molecule has 8 nitrogen and oxygen atoms in total. The summed E-state index contributed by atoms with van der Waals surface area (Å²) in [5.41, 5.74) is 5.86. The van der Waals surface area contributed by atoms with Gasteiger partial charge in [-0.15, -0.1) is 0 Å². The molecule has 3 aromatic carbocycles. The van der Waals surface area contributed by atoms with Crippen LogP contribution in [0, 0.1) is 11.8 Å². The second-order valence-corrected chi connectivity index (χ2v) is 9.51. The maximum absolute atomic E-state index is 12.2. The first-order chi connectivity index (χ1) is 18.7. The topological polar surface area (TPSA) is 123 Å². The Morgan fingerprint density at radius 1 is 0.974 bits per heavy atom. The number of benzene rings is 3. The van der Waals surface area contributed by atoms with Crippen LogP contribution in [0.3, 0.4) is 0 Å². The lowest BCUT2D eigenvalue weighted by Crippen LogP contribution is -2.38. The van der Waals surface area contributed by atoms with Gasteiger partial charge < -0.3 is 15.7 Å². The molecular formula is C29H28Cl2N4O4. The van der Waals surface area contributed by atoms with Crippen molar-refractivity contribution < 1.29 is 19.9 Å². The van der Waals surface area contributed by atoms with Crippen molar-refractivity contribution in [3.05, 3.63) is 99.0 Å². The van der Waals surface area contributed by atoms with Crippen LogP contribution < -0.4 is 16.1 Å². The summed E-state index contributed by atoms with van der Waals surface area (Å²) in [7, 11) is 0. The summed E-state index contributed by atoms with van der Waals surface area (Å²) in [6.45, 7) is 3.70. The fourth-order valence-corrected chi connectivity index (χ4v) is 3.97. The Bertz CT molecular complexity index is 1400. The number of anilines is 1. The molecule has 0 saturated heterocycles. The number of nitrogens with one attached hydrogen (secondary N) is 3. The normalized spacial score (nSPS) is 12.6. The fraction of sp³-hybridized carbons (Fsp3) is 0.207. The number of hydrogen-bond donors (Lipinski definition) is 5. The lowest BCUT2D eigenvalue weighted by Gasteiger charge is -2.14. The largest absolute Gasteiger partial charge is 0.391 e. The van der Waals surface area contributed by atoms with Crippen LogP contribution in [-0.4, -0.2) is 46.5 Å². The van der Waals surface area contributed by atoms with Crippen molar-refractivity contribution >= 4 is 46.4 Å². The zero-order valence-electron chi connectivity index (χ0n) is 21.3. The predicted molar refractivity (Wildman–Crippen MR) is 153 cm³/mol. The van der Waals surface area contributed by atoms with Gasteiger partial charge in [0.15, 0.2) is 6.04 Å². The monoisotopic (exact) mass is 566 g/mol. The summed E-state index contributed by atoms with van der Waals surface area (Å²) < 4.78 is 0. The van der Waals surface area contributed by atoms with E-state index in [4.69, 9.17) is 28.4 Å². The molecule has 2 amide bonds. The Kier molecular flexibility index (Phi) is 11.1. The number of aliphatic hydroxyl groups is 1. The average Bonchev–Trinajstić information content (AvgIpc) is 2.92. The van der Waals surface area contributed by atoms with E-state index >= 15 is 0 Å². The molecule has 202 valence electrons. The summed E-state index contributed by atoms with van der Waals surface area (Å²) in [5, 5.41) is 25.6. The highest BCUT2D eigenvalue weighted by Crippen LogP contribution is 2.20. The van der Waals surface area contributed by atoms with Crippen LogP contribution in [0.1, 0.15) is 36.1 Å². The van der Waals surface area contributed by atoms with Gasteiger partial charge in [0.05, 0.1) is 12.6 Å². The highest BCUT2D eigenvalue weighted by molar-refractivity contribution is 6.35. The first kappa shape index (κ1) is 29.8. The molecule has 0 unspecified atom stereocenters. The number of rotatable bonds is 9. The molecule has 0 radical (unpaired) electrons. The van der Waals surface area contributed by atoms with Crippen LogP contribution in [0.5, 0.6) is 0 Å². The SMILES string of the molecule is CC(=N[C@H](C(=O)NO)[C@@H](C)O)c1ccc(C#Cc2ccc(NC(=O)CNCc3ccc(Cl)cc3Cl)cc2)cc1. The lowest BCUT2D eigenvalue weighted by molar-refractivity contribution is -0.132. The van der Waals surface area contributed by atoms with Crippen molar-refractivity contribution in [2.45, 2.75) is 32.5 Å². The quantitative estimate of drug-likeness (QED) is 0.115. The molecule has 0 heterocycles. The summed E-state index contributed by atoms with van der Waals surface area (Å²) in [6, 6.07) is 18.6. The Morgan fingerprint density at radius 3 is 2.15 bits per heavy atom. The van der Waals surface area contributed by atoms with Crippen LogP contribution in [0.4, 0.5) is 5.69 Å². The molecule has 39 heavy (non-hydrogen) atoms. The van der Waals surface area contributed by atoms with E-state index in [1.54, 1.807) is 31.2 Å². The van der Waals surface area contributed by atoms with Gasteiger partial charge in [0.2, 0.25) is 5.91 Å². The van der Waals surface area contributed by atoms with Crippen molar-refractivity contribution in [3.8, 4) is 11.8 Å². The van der Waals surface area contributed by atoms with E-state index < -0.39 is 18.1 Å². The number of aliphatic imine (C=N–C) groups is 1. The predicted octanol–water partition coefficient (Wildman–Crippen LogP) is 4.19. The molecule has 3 aromatic rings. The molecule has 0 aliphatic carbocycles. The first-order valence-electron chi connectivity index (χ1n) is 12.0. The zero-order valence-corrected chi connectivity index (χ0v) is 22.8. The minimum atomic E-state index is -1.12. The summed E-state index contributed by atoms with van der Waals surface area (Å²) in [4.78, 5) is 28.2. The molecule has 0 aliphatic heterocycles. The Labute approximate surface area is 237 Å². The van der Waals surface area contributed by atoms with Gasteiger partial charge in [-0.2, -0.15) is 0 Å². The van der Waals surface area contributed by atoms with E-state index in [0.29, 0.717) is 28.0 Å². The number of aliphatic hydroxyl groups excluding tert-OH is 1. The summed E-state index contributed by atoms with van der Waals surface area (Å²) in [6.07, 6.45) is -1.06. The number of hydroxylamine groups is 1. The van der Waals surface area contributed by atoms with E-state index in [9.17, 15) is 14.7 Å². The smallest absolute Gasteiger partial charge is 0.270 e. The zero-order chi connectivity index (χ0) is 28.4. The minimum Gasteiger partial charge on any atom is -0.391 e. The van der Waals surface area contributed by atoms with Crippen molar-refractivity contribution in [1.29, 1.82) is 0 Å². The molecule has 3 rings (SSSR count). The highest BCUT2D eigenvalue weighted by Gasteiger charge is 2.22. The van der Waals surface area contributed by atoms with Crippen molar-refractivity contribution in [1.82, 2.24) is 10.8 Å². The third kappa shape index (κ3) is 9.21. The van der Waals surface area contributed by atoms with E-state index in [0.717, 1.165) is 22.3 Å². The summed E-state index contributed by atoms with van der Waals surface area (Å²) >= 11 is 12.0. The van der Waals surface area contributed by atoms with Gasteiger partial charge in [0.1, 0.15) is 0 Å². The van der Waals surface area contributed by atoms with Crippen LogP contribution >= 0.6 is 23.2 Å². The number of carbonyl (C=O) groups is 2. The second-order valence-electron chi connectivity index (χ2n) is 8.67. The highest BCUT2D eigenvalue weighted by atomic mass is 35.5. The minimum absolute atomic E-state index is 0.120. The maximum Gasteiger partial charge on any atom is 0.270 e. The van der Waals surface area contributed by atoms with Gasteiger partial charge >= 0.3 is 0 Å². The van der Waals surface area contributed by atoms with Crippen LogP contribution in [0.25, 0.3) is 0 Å². The number of nitrogens with zero attached hydrogens (tertiary/aromatic N) is 1. The third-order valence-corrected chi connectivity index (χ3v) is 6.19. The molecular weight excluding hydrogens is 539 g/mol. The van der Waals surface area contributed by atoms with Gasteiger partial charge in [0, 0.05) is 39.1 Å². The molecule has 0 bridgehead atoms. The van der Waals surface area contributed by atoms with Gasteiger partial charge in [-0.05, 0) is 73.5 Å². The second kappa shape index (κ2) is 14.4. The fourth-order valence-electron chi connectivity index (χ4n) is 3.49. The molecule has 10 heteroatoms. The van der Waals surface area contributed by atoms with E-state index in [-0.39, 0.29) is 12.5 Å². The number of carbonyl (C=O) groups excluding carboxylic acids is 2. The van der Waals surface area contributed by atoms with E-state index in [1.165, 1.54) is 12.4 Å². The van der Waals surface area contributed by atoms with Crippen LogP contribution in [0.15, 0.2) is 71.7 Å². The Hall–Kier alpha value is -3.71. The van der Waals surface area contributed by atoms with Crippen molar-refractivity contribution in [2.24, 2.45) is 4.99 Å². The van der Waals surface area contributed by atoms with Crippen molar-refractivity contribution in [3.63, 3.8) is 0 Å². The molecule has 0 aliphatic rings. The Balaban J connectivity index is 1.53. The van der Waals surface area contributed by atoms with Crippen LogP contribution in [0.2, 0.25) is 10.0 Å². The van der Waals surface area contributed by atoms with E-state index in [1.807, 2.05) is 42.5 Å². The standard InChI is InChI=1S/C29H28Cl2N4O4/c1-18(33-28(19(2)36)29(38)35-39)22-9-5-20(6-10-22)3-4-21-7-13-25(14-8-21)34-27(37)17-32-16-23-11-12-24(30)15-26(23)31/h5-15,19,28,32,36,39H,16-17H2,1-2H3,(H,34,37)(H,35,38)/t19-,28+/m1/s1. The van der Waals surface area contributed by atoms with Crippen molar-refractivity contribution in [2.75, 3.05) is 11.9 Å². The van der Waals surface area contributed by atoms with Gasteiger partial charge in [-0.1, -0.05) is 53.2 Å². The van der Waals surface area contributed by atoms with E-state index in [2.05, 4.69) is 27.5 Å². The van der Waals surface area contributed by atoms with Gasteiger partial charge in [0.25, 0.3) is 5.91 Å². The van der Waals surface area contributed by atoms with Gasteiger partial charge in [-0.3, -0.25) is 19.8 Å². The molecule has 0 aromatic heterocycles. The number of hydrogen-bond acceptors (Lipinski definition) is 6.